The van der Waals surface area contributed by atoms with E-state index in [1.54, 1.807) is 0 Å². The predicted molar refractivity (Wildman–Crippen MR) is 39.7 cm³/mol. The van der Waals surface area contributed by atoms with E-state index in [1.165, 1.54) is 12.1 Å². The summed E-state index contributed by atoms with van der Waals surface area (Å²) >= 11 is 0. The second-order valence-corrected chi connectivity index (χ2v) is 3.68. The first-order valence-electron chi connectivity index (χ1n) is 3.22. The Morgan fingerprint density at radius 1 is 1.36 bits per heavy atom. The second kappa shape index (κ2) is 3.38. The van der Waals surface area contributed by atoms with Gasteiger partial charge in [0, 0.05) is 0 Å². The van der Waals surface area contributed by atoms with E-state index in [2.05, 4.69) is 16.3 Å². The molecule has 14 heavy (non-hydrogen) atoms. The zero-order valence-corrected chi connectivity index (χ0v) is 7.32. The summed E-state index contributed by atoms with van der Waals surface area (Å²) in [6, 6.07) is 7.97. The zero-order chi connectivity index (χ0) is 10.8. The lowest BCUT2D eigenvalue weighted by Gasteiger charge is -2.07. The number of hydrogen-bond donors (Lipinski definition) is 0. The molecule has 0 fully saturated rings. The fourth-order valence-electron chi connectivity index (χ4n) is 0.552. The molecule has 0 unspecified atom stereocenters. The minimum absolute atomic E-state index is 0.551. The fraction of sp³-hybridized carbons (Fsp3) is 0.143. The van der Waals surface area contributed by atoms with E-state index >= 15 is 0 Å². The monoisotopic (exact) mass is 224 g/mol. The van der Waals surface area contributed by atoms with E-state index in [0.29, 0.717) is 0 Å². The lowest BCUT2D eigenvalue weighted by atomic mass is 10.4. The zero-order valence-electron chi connectivity index (χ0n) is 6.50. The molecule has 0 atom stereocenters. The molecule has 0 spiro atoms. The SMILES string of the molecule is O=S(=O)(Oc1c#cccc1)C(F)(F)F. The second-order valence-electron chi connectivity index (χ2n) is 2.14. The summed E-state index contributed by atoms with van der Waals surface area (Å²) in [4.78, 5) is 0. The van der Waals surface area contributed by atoms with Crippen molar-refractivity contribution in [3.8, 4) is 5.75 Å². The van der Waals surface area contributed by atoms with Gasteiger partial charge in [-0.2, -0.15) is 21.6 Å². The topological polar surface area (TPSA) is 43.4 Å². The van der Waals surface area contributed by atoms with Crippen LogP contribution in [0.25, 0.3) is 0 Å². The highest BCUT2D eigenvalue weighted by Crippen LogP contribution is 2.25. The maximum absolute atomic E-state index is 11.8. The molecular formula is C7H3F3O3S. The summed E-state index contributed by atoms with van der Waals surface area (Å²) in [5.41, 5.74) is -5.43. The molecule has 7 heteroatoms. The molecule has 0 radical (unpaired) electrons. The molecule has 1 aromatic rings. The van der Waals surface area contributed by atoms with E-state index in [4.69, 9.17) is 0 Å². The van der Waals surface area contributed by atoms with E-state index < -0.39 is 21.4 Å². The van der Waals surface area contributed by atoms with Crippen molar-refractivity contribution < 1.29 is 25.8 Å². The number of halogens is 3. The van der Waals surface area contributed by atoms with Crippen molar-refractivity contribution in [1.82, 2.24) is 0 Å². The Hall–Kier alpha value is -1.42. The van der Waals surface area contributed by atoms with Crippen LogP contribution in [0.5, 0.6) is 5.75 Å². The van der Waals surface area contributed by atoms with Crippen molar-refractivity contribution in [2.75, 3.05) is 0 Å². The number of alkyl halides is 3. The summed E-state index contributed by atoms with van der Waals surface area (Å²) in [6.45, 7) is 0. The van der Waals surface area contributed by atoms with E-state index in [-0.39, 0.29) is 0 Å². The summed E-state index contributed by atoms with van der Waals surface area (Å²) in [6.07, 6.45) is 0. The van der Waals surface area contributed by atoms with Gasteiger partial charge < -0.3 is 4.18 Å². The largest absolute Gasteiger partial charge is 0.534 e. The van der Waals surface area contributed by atoms with Crippen LogP contribution >= 0.6 is 0 Å². The Kier molecular flexibility index (Phi) is 2.57. The Morgan fingerprint density at radius 3 is 2.43 bits per heavy atom. The average Bonchev–Trinajstić information content (AvgIpc) is 2.03. The molecule has 76 valence electrons. The van der Waals surface area contributed by atoms with Gasteiger partial charge in [0.2, 0.25) is 0 Å². The van der Waals surface area contributed by atoms with Crippen LogP contribution in [0.2, 0.25) is 0 Å². The van der Waals surface area contributed by atoms with Crippen molar-refractivity contribution in [2.45, 2.75) is 5.51 Å². The average molecular weight is 224 g/mol. The van der Waals surface area contributed by atoms with Gasteiger partial charge in [0.15, 0.2) is 5.75 Å². The molecule has 0 aliphatic heterocycles. The standard InChI is InChI=1S/C7H3F3O3S/c8-7(9,10)14(11,12)13-6-4-2-1-3-5-6/h1-2,4H. The van der Waals surface area contributed by atoms with Crippen LogP contribution in [0, 0.1) is 12.1 Å². The number of hydrogen-bond acceptors (Lipinski definition) is 3. The summed E-state index contributed by atoms with van der Waals surface area (Å²) in [7, 11) is -5.60. The van der Waals surface area contributed by atoms with Crippen LogP contribution in [0.1, 0.15) is 0 Å². The lowest BCUT2D eigenvalue weighted by Crippen LogP contribution is -2.27. The normalized spacial score (nSPS) is 11.9. The van der Waals surface area contributed by atoms with Crippen LogP contribution in [-0.2, 0) is 10.1 Å². The molecule has 1 aromatic carbocycles. The highest BCUT2D eigenvalue weighted by atomic mass is 32.2. The van der Waals surface area contributed by atoms with Gasteiger partial charge in [0.1, 0.15) is 0 Å². The maximum atomic E-state index is 11.8. The van der Waals surface area contributed by atoms with Crippen LogP contribution < -0.4 is 4.18 Å². The van der Waals surface area contributed by atoms with Crippen molar-refractivity contribution in [3.63, 3.8) is 0 Å². The minimum atomic E-state index is -5.60. The third-order valence-electron chi connectivity index (χ3n) is 1.11. The van der Waals surface area contributed by atoms with E-state index in [1.807, 2.05) is 0 Å². The van der Waals surface area contributed by atoms with Crippen molar-refractivity contribution in [3.05, 3.63) is 30.3 Å². The van der Waals surface area contributed by atoms with Crippen LogP contribution in [-0.4, -0.2) is 13.9 Å². The van der Waals surface area contributed by atoms with Crippen LogP contribution in [0.4, 0.5) is 13.2 Å². The smallest absolute Gasteiger partial charge is 0.367 e. The lowest BCUT2D eigenvalue weighted by molar-refractivity contribution is -0.0500. The van der Waals surface area contributed by atoms with Gasteiger partial charge in [-0.1, -0.05) is 6.07 Å². The highest BCUT2D eigenvalue weighted by molar-refractivity contribution is 7.87. The summed E-state index contributed by atoms with van der Waals surface area (Å²) in [5.74, 6) is -0.551. The first-order chi connectivity index (χ1) is 6.33. The van der Waals surface area contributed by atoms with E-state index in [0.717, 1.165) is 6.07 Å². The summed E-state index contributed by atoms with van der Waals surface area (Å²) in [5, 5.41) is 0. The quantitative estimate of drug-likeness (QED) is 0.565. The van der Waals surface area contributed by atoms with Gasteiger partial charge in [0.25, 0.3) is 0 Å². The van der Waals surface area contributed by atoms with Crippen LogP contribution in [0.3, 0.4) is 0 Å². The summed E-state index contributed by atoms with van der Waals surface area (Å²) < 4.78 is 60.0. The Bertz CT molecular complexity index is 396. The first kappa shape index (κ1) is 10.7. The molecule has 0 aliphatic carbocycles. The molecule has 3 nitrogen and oxygen atoms in total. The van der Waals surface area contributed by atoms with Gasteiger partial charge in [0.05, 0.1) is 0 Å². The Morgan fingerprint density at radius 2 is 2.00 bits per heavy atom. The van der Waals surface area contributed by atoms with Gasteiger partial charge >= 0.3 is 15.6 Å². The van der Waals surface area contributed by atoms with Gasteiger partial charge in [-0.25, -0.2) is 0 Å². The Balaban J connectivity index is 2.91. The van der Waals surface area contributed by atoms with Gasteiger partial charge in [-0.3, -0.25) is 0 Å². The molecule has 0 N–H and O–H groups in total. The molecule has 0 amide bonds. The van der Waals surface area contributed by atoms with Crippen molar-refractivity contribution >= 4 is 10.1 Å². The van der Waals surface area contributed by atoms with E-state index in [9.17, 15) is 21.6 Å². The first-order valence-corrected chi connectivity index (χ1v) is 4.63. The molecule has 0 bridgehead atoms. The predicted octanol–water partition coefficient (Wildman–Crippen LogP) is 1.52. The number of rotatable bonds is 2. The Labute approximate surface area is 78.2 Å². The third-order valence-corrected chi connectivity index (χ3v) is 2.07. The molecule has 0 aliphatic rings. The van der Waals surface area contributed by atoms with Gasteiger partial charge in [-0.15, -0.1) is 0 Å². The van der Waals surface area contributed by atoms with Crippen LogP contribution in [0.15, 0.2) is 18.2 Å². The minimum Gasteiger partial charge on any atom is -0.367 e. The third kappa shape index (κ3) is 2.29. The molecule has 0 saturated heterocycles. The highest BCUT2D eigenvalue weighted by Gasteiger charge is 2.48. The fourth-order valence-corrected chi connectivity index (χ4v) is 0.980. The van der Waals surface area contributed by atoms with Gasteiger partial charge in [-0.05, 0) is 24.3 Å². The molecule has 1 rings (SSSR count). The van der Waals surface area contributed by atoms with Crippen molar-refractivity contribution in [1.29, 1.82) is 0 Å². The molecule has 0 aromatic heterocycles. The van der Waals surface area contributed by atoms with Crippen molar-refractivity contribution in [2.24, 2.45) is 0 Å². The molecule has 0 saturated carbocycles. The molecular weight excluding hydrogens is 221 g/mol. The molecule has 0 heterocycles. The maximum Gasteiger partial charge on any atom is 0.534 e.